The quantitative estimate of drug-likeness (QED) is 0.406. The topological polar surface area (TPSA) is 101 Å². The van der Waals surface area contributed by atoms with E-state index in [2.05, 4.69) is 15.5 Å². The Labute approximate surface area is 185 Å². The van der Waals surface area contributed by atoms with Gasteiger partial charge >= 0.3 is 0 Å². The van der Waals surface area contributed by atoms with Crippen molar-refractivity contribution < 1.29 is 9.59 Å². The van der Waals surface area contributed by atoms with Crippen molar-refractivity contribution in [3.63, 3.8) is 0 Å². The predicted octanol–water partition coefficient (Wildman–Crippen LogP) is 3.89. The molecule has 0 saturated carbocycles. The number of carbonyl (C=O) groups excluding carboxylic acids is 2. The maximum atomic E-state index is 12.6. The molecule has 0 aliphatic carbocycles. The van der Waals surface area contributed by atoms with Gasteiger partial charge in [0.1, 0.15) is 5.82 Å². The number of hydrogen-bond acceptors (Lipinski definition) is 6. The van der Waals surface area contributed by atoms with Crippen molar-refractivity contribution in [2.24, 2.45) is 0 Å². The largest absolute Gasteiger partial charge is 0.325 e. The van der Waals surface area contributed by atoms with E-state index in [1.54, 1.807) is 24.3 Å². The Morgan fingerprint density at radius 3 is 2.52 bits per heavy atom. The molecule has 8 heteroatoms. The minimum absolute atomic E-state index is 0.0596. The van der Waals surface area contributed by atoms with Crippen LogP contribution in [-0.2, 0) is 24.2 Å². The summed E-state index contributed by atoms with van der Waals surface area (Å²) in [7, 11) is 0. The lowest BCUT2D eigenvalue weighted by atomic mass is 10.1. The number of anilines is 1. The zero-order chi connectivity index (χ0) is 22.2. The molecule has 1 heterocycles. The van der Waals surface area contributed by atoms with Crippen LogP contribution in [0.1, 0.15) is 41.2 Å². The summed E-state index contributed by atoms with van der Waals surface area (Å²) >= 11 is 1.29. The number of para-hydroxylation sites is 1. The first kappa shape index (κ1) is 22.2. The number of nitriles is 1. The fraction of sp³-hybridized carbons (Fsp3) is 0.261. The van der Waals surface area contributed by atoms with Gasteiger partial charge in [0.25, 0.3) is 0 Å². The third-order valence-electron chi connectivity index (χ3n) is 4.77. The zero-order valence-electron chi connectivity index (χ0n) is 17.5. The number of amides is 1. The van der Waals surface area contributed by atoms with Crippen molar-refractivity contribution >= 4 is 29.1 Å². The van der Waals surface area contributed by atoms with Crippen LogP contribution in [0.25, 0.3) is 0 Å². The molecule has 0 aliphatic rings. The van der Waals surface area contributed by atoms with Crippen LogP contribution in [0.4, 0.5) is 5.69 Å². The van der Waals surface area contributed by atoms with E-state index < -0.39 is 0 Å². The fourth-order valence-electron chi connectivity index (χ4n) is 3.11. The summed E-state index contributed by atoms with van der Waals surface area (Å²) in [4.78, 5) is 25.0. The van der Waals surface area contributed by atoms with Gasteiger partial charge in [-0.15, -0.1) is 10.2 Å². The summed E-state index contributed by atoms with van der Waals surface area (Å²) < 4.78 is 1.85. The summed E-state index contributed by atoms with van der Waals surface area (Å²) in [5.41, 5.74) is 2.94. The van der Waals surface area contributed by atoms with Gasteiger partial charge in [0.15, 0.2) is 10.9 Å². The molecule has 0 radical (unpaired) electrons. The van der Waals surface area contributed by atoms with Gasteiger partial charge in [0.2, 0.25) is 5.91 Å². The maximum Gasteiger partial charge on any atom is 0.232 e. The lowest BCUT2D eigenvalue weighted by Gasteiger charge is -2.10. The summed E-state index contributed by atoms with van der Waals surface area (Å²) in [6, 6.07) is 16.3. The lowest BCUT2D eigenvalue weighted by molar-refractivity contribution is -0.115. The van der Waals surface area contributed by atoms with Crippen molar-refractivity contribution in [2.45, 2.75) is 38.4 Å². The highest BCUT2D eigenvalue weighted by atomic mass is 32.2. The van der Waals surface area contributed by atoms with Gasteiger partial charge < -0.3 is 9.88 Å². The van der Waals surface area contributed by atoms with Crippen LogP contribution < -0.4 is 5.32 Å². The molecule has 0 saturated heterocycles. The van der Waals surface area contributed by atoms with Crippen LogP contribution in [0.2, 0.25) is 0 Å². The molecule has 0 atom stereocenters. The number of benzene rings is 2. The zero-order valence-corrected chi connectivity index (χ0v) is 18.3. The summed E-state index contributed by atoms with van der Waals surface area (Å²) in [6.07, 6.45) is 0.929. The highest BCUT2D eigenvalue weighted by molar-refractivity contribution is 7.99. The van der Waals surface area contributed by atoms with Crippen LogP contribution in [0.3, 0.4) is 0 Å². The number of carbonyl (C=O) groups is 2. The molecule has 3 rings (SSSR count). The highest BCUT2D eigenvalue weighted by Crippen LogP contribution is 2.20. The number of rotatable bonds is 9. The van der Waals surface area contributed by atoms with Gasteiger partial charge in [-0.3, -0.25) is 9.59 Å². The number of aryl methyl sites for hydroxylation is 1. The summed E-state index contributed by atoms with van der Waals surface area (Å²) in [5, 5.41) is 20.8. The molecular formula is C23H23N5O2S. The Hall–Kier alpha value is -3.44. The Morgan fingerprint density at radius 2 is 1.84 bits per heavy atom. The first-order chi connectivity index (χ1) is 15.0. The average Bonchev–Trinajstić information content (AvgIpc) is 3.18. The Kier molecular flexibility index (Phi) is 7.57. The first-order valence-corrected chi connectivity index (χ1v) is 11.0. The van der Waals surface area contributed by atoms with E-state index in [-0.39, 0.29) is 23.9 Å². The molecular weight excluding hydrogens is 410 g/mol. The maximum absolute atomic E-state index is 12.6. The monoisotopic (exact) mass is 433 g/mol. The van der Waals surface area contributed by atoms with Crippen molar-refractivity contribution in [3.8, 4) is 6.07 Å². The molecule has 3 aromatic rings. The van der Waals surface area contributed by atoms with Gasteiger partial charge in [0, 0.05) is 17.8 Å². The Bertz CT molecular complexity index is 1120. The first-order valence-electron chi connectivity index (χ1n) is 10.0. The molecule has 1 aromatic heterocycles. The van der Waals surface area contributed by atoms with Crippen molar-refractivity contribution in [1.29, 1.82) is 5.26 Å². The average molecular weight is 434 g/mol. The van der Waals surface area contributed by atoms with E-state index in [0.717, 1.165) is 17.7 Å². The fourth-order valence-corrected chi connectivity index (χ4v) is 4.02. The number of nitrogens with one attached hydrogen (secondary N) is 1. The van der Waals surface area contributed by atoms with Crippen LogP contribution in [-0.4, -0.2) is 32.2 Å². The smallest absolute Gasteiger partial charge is 0.232 e. The molecule has 7 nitrogen and oxygen atoms in total. The molecule has 0 spiro atoms. The normalized spacial score (nSPS) is 10.5. The number of hydrogen-bond donors (Lipinski definition) is 1. The van der Waals surface area contributed by atoms with E-state index in [0.29, 0.717) is 28.7 Å². The van der Waals surface area contributed by atoms with Gasteiger partial charge in [-0.1, -0.05) is 49.0 Å². The van der Waals surface area contributed by atoms with Gasteiger partial charge in [0.05, 0.1) is 23.8 Å². The standard InChI is InChI=1S/C23H23N5O2S/c1-3-17-7-5-6-8-19(17)25-22(30)13-21-26-27-23(28(21)4-2)31-15-20(29)18-11-9-16(14-24)10-12-18/h5-12H,3-4,13,15H2,1-2H3,(H,25,30). The van der Waals surface area contributed by atoms with Crippen molar-refractivity contribution in [1.82, 2.24) is 14.8 Å². The van der Waals surface area contributed by atoms with E-state index >= 15 is 0 Å². The third kappa shape index (κ3) is 5.58. The number of ketones is 1. The van der Waals surface area contributed by atoms with Crippen LogP contribution >= 0.6 is 11.8 Å². The van der Waals surface area contributed by atoms with Crippen LogP contribution in [0, 0.1) is 11.3 Å². The lowest BCUT2D eigenvalue weighted by Crippen LogP contribution is -2.18. The Balaban J connectivity index is 1.64. The number of thioether (sulfide) groups is 1. The van der Waals surface area contributed by atoms with Gasteiger partial charge in [-0.2, -0.15) is 5.26 Å². The van der Waals surface area contributed by atoms with E-state index in [4.69, 9.17) is 5.26 Å². The Morgan fingerprint density at radius 1 is 1.10 bits per heavy atom. The third-order valence-corrected chi connectivity index (χ3v) is 5.74. The van der Waals surface area contributed by atoms with Crippen molar-refractivity contribution in [2.75, 3.05) is 11.1 Å². The molecule has 0 unspecified atom stereocenters. The second-order valence-electron chi connectivity index (χ2n) is 6.78. The van der Waals surface area contributed by atoms with Gasteiger partial charge in [-0.25, -0.2) is 0 Å². The minimum atomic E-state index is -0.159. The van der Waals surface area contributed by atoms with E-state index in [1.807, 2.05) is 48.7 Å². The van der Waals surface area contributed by atoms with Crippen molar-refractivity contribution in [3.05, 3.63) is 71.0 Å². The molecule has 1 N–H and O–H groups in total. The summed E-state index contributed by atoms with van der Waals surface area (Å²) in [5.74, 6) is 0.534. The molecule has 31 heavy (non-hydrogen) atoms. The predicted molar refractivity (Wildman–Crippen MR) is 120 cm³/mol. The van der Waals surface area contributed by atoms with E-state index in [9.17, 15) is 9.59 Å². The second kappa shape index (κ2) is 10.5. The number of aromatic nitrogens is 3. The van der Waals surface area contributed by atoms with E-state index in [1.165, 1.54) is 11.8 Å². The minimum Gasteiger partial charge on any atom is -0.325 e. The number of nitrogens with zero attached hydrogens (tertiary/aromatic N) is 4. The number of Topliss-reactive ketones (excluding diaryl/α,β-unsaturated/α-hetero) is 1. The molecule has 0 bridgehead atoms. The molecule has 0 aliphatic heterocycles. The van der Waals surface area contributed by atoms with Crippen LogP contribution in [0.5, 0.6) is 0 Å². The van der Waals surface area contributed by atoms with Gasteiger partial charge in [-0.05, 0) is 37.1 Å². The summed E-state index contributed by atoms with van der Waals surface area (Å²) in [6.45, 7) is 4.58. The second-order valence-corrected chi connectivity index (χ2v) is 7.72. The SMILES string of the molecule is CCc1ccccc1NC(=O)Cc1nnc(SCC(=O)c2ccc(C#N)cc2)n1CC. The van der Waals surface area contributed by atoms with Crippen LogP contribution in [0.15, 0.2) is 53.7 Å². The molecule has 2 aromatic carbocycles. The highest BCUT2D eigenvalue weighted by Gasteiger charge is 2.17. The molecule has 1 amide bonds. The molecule has 158 valence electrons. The molecule has 0 fully saturated rings.